The molecule has 0 radical (unpaired) electrons. The van der Waals surface area contributed by atoms with E-state index in [0.717, 1.165) is 17.8 Å². The van der Waals surface area contributed by atoms with Crippen LogP contribution in [0.1, 0.15) is 57.8 Å². The van der Waals surface area contributed by atoms with Crippen molar-refractivity contribution < 1.29 is 4.79 Å². The first-order chi connectivity index (χ1) is 7.71. The second-order valence-electron chi connectivity index (χ2n) is 7.57. The first kappa shape index (κ1) is 9.67. The molecule has 1 nitrogen and oxygen atoms in total. The van der Waals surface area contributed by atoms with Crippen molar-refractivity contribution in [2.75, 3.05) is 0 Å². The lowest BCUT2D eigenvalue weighted by Gasteiger charge is -2.57. The summed E-state index contributed by atoms with van der Waals surface area (Å²) in [5, 5.41) is 0. The van der Waals surface area contributed by atoms with Crippen molar-refractivity contribution in [1.29, 1.82) is 0 Å². The van der Waals surface area contributed by atoms with Crippen LogP contribution in [0.5, 0.6) is 0 Å². The van der Waals surface area contributed by atoms with Gasteiger partial charge in [0.1, 0.15) is 6.29 Å². The Labute approximate surface area is 98.0 Å². The summed E-state index contributed by atoms with van der Waals surface area (Å²) in [5.74, 6) is 3.11. The van der Waals surface area contributed by atoms with Crippen molar-refractivity contribution in [2.45, 2.75) is 57.8 Å². The first-order valence-corrected chi connectivity index (χ1v) is 7.17. The summed E-state index contributed by atoms with van der Waals surface area (Å²) in [6, 6.07) is 0. The molecule has 0 saturated heterocycles. The van der Waals surface area contributed by atoms with Crippen molar-refractivity contribution >= 4 is 6.29 Å². The predicted octanol–water partition coefficient (Wildman–Crippen LogP) is 3.57. The predicted molar refractivity (Wildman–Crippen MR) is 63.0 cm³/mol. The molecule has 1 heteroatoms. The van der Waals surface area contributed by atoms with Crippen molar-refractivity contribution in [2.24, 2.45) is 28.6 Å². The van der Waals surface area contributed by atoms with Gasteiger partial charge in [-0.3, -0.25) is 0 Å². The van der Waals surface area contributed by atoms with Gasteiger partial charge in [0.25, 0.3) is 0 Å². The van der Waals surface area contributed by atoms with Crippen LogP contribution in [0.2, 0.25) is 0 Å². The average Bonchev–Trinajstić information content (AvgIpc) is 2.95. The lowest BCUT2D eigenvalue weighted by molar-refractivity contribution is -0.117. The van der Waals surface area contributed by atoms with E-state index in [4.69, 9.17) is 0 Å². The summed E-state index contributed by atoms with van der Waals surface area (Å²) in [6.45, 7) is 0. The summed E-state index contributed by atoms with van der Waals surface area (Å²) in [6.07, 6.45) is 13.9. The molecule has 0 atom stereocenters. The van der Waals surface area contributed by atoms with E-state index in [9.17, 15) is 4.79 Å². The van der Waals surface area contributed by atoms with Gasteiger partial charge in [-0.1, -0.05) is 0 Å². The zero-order chi connectivity index (χ0) is 10.8. The van der Waals surface area contributed by atoms with Crippen LogP contribution in [0.15, 0.2) is 0 Å². The Balaban J connectivity index is 1.59. The SMILES string of the molecule is O=CC1(CC23CC4CC(CC(C4)C2)C3)CC1. The van der Waals surface area contributed by atoms with E-state index in [1.54, 1.807) is 0 Å². The molecule has 0 aromatic rings. The standard InChI is InChI=1S/C15H22O/c16-10-14(1-2-14)9-15-6-11-3-12(7-15)5-13(4-11)8-15/h10-13H,1-9H2. The van der Waals surface area contributed by atoms with E-state index in [1.165, 1.54) is 64.1 Å². The Morgan fingerprint density at radius 3 is 1.81 bits per heavy atom. The molecule has 0 heterocycles. The van der Waals surface area contributed by atoms with E-state index in [-0.39, 0.29) is 5.41 Å². The fraction of sp³-hybridized carbons (Fsp3) is 0.933. The summed E-state index contributed by atoms with van der Waals surface area (Å²) in [7, 11) is 0. The van der Waals surface area contributed by atoms with Gasteiger partial charge in [0, 0.05) is 5.41 Å². The van der Waals surface area contributed by atoms with Gasteiger partial charge in [-0.25, -0.2) is 0 Å². The first-order valence-electron chi connectivity index (χ1n) is 7.17. The van der Waals surface area contributed by atoms with Crippen LogP contribution in [0, 0.1) is 28.6 Å². The van der Waals surface area contributed by atoms with Gasteiger partial charge in [-0.15, -0.1) is 0 Å². The monoisotopic (exact) mass is 218 g/mol. The Morgan fingerprint density at radius 2 is 1.44 bits per heavy atom. The molecule has 5 saturated carbocycles. The average molecular weight is 218 g/mol. The number of carbonyl (C=O) groups excluding carboxylic acids is 1. The van der Waals surface area contributed by atoms with Gasteiger partial charge in [0.05, 0.1) is 0 Å². The van der Waals surface area contributed by atoms with Gasteiger partial charge in [0.15, 0.2) is 0 Å². The van der Waals surface area contributed by atoms with E-state index in [1.807, 2.05) is 0 Å². The van der Waals surface area contributed by atoms with Crippen molar-refractivity contribution in [3.63, 3.8) is 0 Å². The number of hydrogen-bond donors (Lipinski definition) is 0. The fourth-order valence-electron chi connectivity index (χ4n) is 5.75. The molecule has 5 aliphatic carbocycles. The maximum Gasteiger partial charge on any atom is 0.126 e. The second kappa shape index (κ2) is 2.91. The molecule has 4 bridgehead atoms. The van der Waals surface area contributed by atoms with E-state index < -0.39 is 0 Å². The highest BCUT2D eigenvalue weighted by molar-refractivity contribution is 5.63. The second-order valence-corrected chi connectivity index (χ2v) is 7.57. The minimum absolute atomic E-state index is 0.158. The smallest absolute Gasteiger partial charge is 0.126 e. The van der Waals surface area contributed by atoms with Gasteiger partial charge < -0.3 is 4.79 Å². The quantitative estimate of drug-likeness (QED) is 0.662. The van der Waals surface area contributed by atoms with Gasteiger partial charge in [-0.2, -0.15) is 0 Å². The third kappa shape index (κ3) is 1.33. The van der Waals surface area contributed by atoms with Crippen LogP contribution in [-0.4, -0.2) is 6.29 Å². The number of rotatable bonds is 3. The number of carbonyl (C=O) groups is 1. The largest absolute Gasteiger partial charge is 0.303 e. The van der Waals surface area contributed by atoms with Crippen molar-refractivity contribution in [1.82, 2.24) is 0 Å². The maximum absolute atomic E-state index is 11.2. The lowest BCUT2D eigenvalue weighted by atomic mass is 9.48. The normalized spacial score (nSPS) is 51.6. The van der Waals surface area contributed by atoms with E-state index in [2.05, 4.69) is 0 Å². The lowest BCUT2D eigenvalue weighted by Crippen LogP contribution is -2.47. The Kier molecular flexibility index (Phi) is 1.76. The van der Waals surface area contributed by atoms with Crippen LogP contribution in [-0.2, 0) is 4.79 Å². The molecule has 5 fully saturated rings. The highest BCUT2D eigenvalue weighted by atomic mass is 16.1. The summed E-state index contributed by atoms with van der Waals surface area (Å²) in [5.41, 5.74) is 0.776. The molecule has 16 heavy (non-hydrogen) atoms. The molecule has 0 aliphatic heterocycles. The molecule has 0 N–H and O–H groups in total. The minimum atomic E-state index is 0.158. The Morgan fingerprint density at radius 1 is 0.938 bits per heavy atom. The molecule has 0 unspecified atom stereocenters. The highest BCUT2D eigenvalue weighted by Gasteiger charge is 2.56. The molecular weight excluding hydrogens is 196 g/mol. The van der Waals surface area contributed by atoms with Crippen molar-refractivity contribution in [3.8, 4) is 0 Å². The van der Waals surface area contributed by atoms with Crippen molar-refractivity contribution in [3.05, 3.63) is 0 Å². The molecule has 5 aliphatic rings. The molecule has 0 spiro atoms. The zero-order valence-corrected chi connectivity index (χ0v) is 10.1. The molecule has 0 aromatic carbocycles. The van der Waals surface area contributed by atoms with Gasteiger partial charge >= 0.3 is 0 Å². The van der Waals surface area contributed by atoms with E-state index >= 15 is 0 Å². The highest BCUT2D eigenvalue weighted by Crippen LogP contribution is 2.65. The summed E-state index contributed by atoms with van der Waals surface area (Å²) < 4.78 is 0. The summed E-state index contributed by atoms with van der Waals surface area (Å²) >= 11 is 0. The van der Waals surface area contributed by atoms with Crippen LogP contribution in [0.3, 0.4) is 0 Å². The Bertz CT molecular complexity index is 291. The van der Waals surface area contributed by atoms with Gasteiger partial charge in [0.2, 0.25) is 0 Å². The molecule has 0 aromatic heterocycles. The fourth-order valence-corrected chi connectivity index (χ4v) is 5.75. The Hall–Kier alpha value is -0.330. The summed E-state index contributed by atoms with van der Waals surface area (Å²) in [4.78, 5) is 11.2. The van der Waals surface area contributed by atoms with Crippen LogP contribution in [0.25, 0.3) is 0 Å². The third-order valence-corrected chi connectivity index (χ3v) is 6.03. The van der Waals surface area contributed by atoms with Crippen LogP contribution >= 0.6 is 0 Å². The zero-order valence-electron chi connectivity index (χ0n) is 10.1. The minimum Gasteiger partial charge on any atom is -0.303 e. The van der Waals surface area contributed by atoms with E-state index in [0.29, 0.717) is 5.41 Å². The molecule has 0 amide bonds. The van der Waals surface area contributed by atoms with Crippen LogP contribution in [0.4, 0.5) is 0 Å². The third-order valence-electron chi connectivity index (χ3n) is 6.03. The van der Waals surface area contributed by atoms with Gasteiger partial charge in [-0.05, 0) is 81.0 Å². The molecule has 5 rings (SSSR count). The molecular formula is C15H22O. The van der Waals surface area contributed by atoms with Crippen LogP contribution < -0.4 is 0 Å². The maximum atomic E-state index is 11.2. The topological polar surface area (TPSA) is 17.1 Å². The number of aldehydes is 1. The molecule has 88 valence electrons. The number of hydrogen-bond acceptors (Lipinski definition) is 1.